The molecule has 0 aliphatic rings. The second-order valence-electron chi connectivity index (χ2n) is 8.65. The normalized spacial score (nSPS) is 12.0. The molecule has 1 nitrogen and oxygen atoms in total. The Hall–Kier alpha value is -3.84. The van der Waals surface area contributed by atoms with Crippen LogP contribution in [0.25, 0.3) is 16.7 Å². The Labute approximate surface area is 205 Å². The molecule has 34 heavy (non-hydrogen) atoms. The number of benzene rings is 3. The van der Waals surface area contributed by atoms with Crippen LogP contribution in [0, 0.1) is 0 Å². The van der Waals surface area contributed by atoms with Gasteiger partial charge in [-0.1, -0.05) is 91.1 Å². The van der Waals surface area contributed by atoms with Crippen LogP contribution in [-0.4, -0.2) is 0 Å². The smallest absolute Gasteiger partial charge is 0.0462 e. The van der Waals surface area contributed by atoms with E-state index in [1.165, 1.54) is 27.8 Å². The number of anilines is 2. The highest BCUT2D eigenvalue weighted by molar-refractivity contribution is 5.76. The second-order valence-corrected chi connectivity index (χ2v) is 8.65. The molecule has 0 spiro atoms. The molecule has 1 heteroatoms. The minimum absolute atomic E-state index is 1.12. The van der Waals surface area contributed by atoms with Crippen molar-refractivity contribution in [1.29, 1.82) is 0 Å². The molecular weight excluding hydrogens is 410 g/mol. The quantitative estimate of drug-likeness (QED) is 0.312. The van der Waals surface area contributed by atoms with Crippen molar-refractivity contribution in [1.82, 2.24) is 0 Å². The van der Waals surface area contributed by atoms with Gasteiger partial charge >= 0.3 is 0 Å². The second kappa shape index (κ2) is 11.9. The van der Waals surface area contributed by atoms with E-state index in [-0.39, 0.29) is 0 Å². The van der Waals surface area contributed by atoms with E-state index in [0.717, 1.165) is 22.6 Å². The van der Waals surface area contributed by atoms with E-state index in [2.05, 4.69) is 130 Å². The fraction of sp³-hybridized carbons (Fsp3) is 0.152. The molecular formula is C33H35N. The number of hydrogen-bond donors (Lipinski definition) is 0. The Bertz CT molecular complexity index is 1210. The molecule has 0 aliphatic heterocycles. The van der Waals surface area contributed by atoms with Crippen LogP contribution in [0.5, 0.6) is 0 Å². The van der Waals surface area contributed by atoms with Crippen LogP contribution in [0.1, 0.15) is 40.2 Å². The van der Waals surface area contributed by atoms with Gasteiger partial charge in [0.1, 0.15) is 0 Å². The minimum Gasteiger partial charge on any atom is -0.311 e. The highest BCUT2D eigenvalue weighted by atomic mass is 15.1. The lowest BCUT2D eigenvalue weighted by atomic mass is 10.0. The van der Waals surface area contributed by atoms with Gasteiger partial charge in [0.15, 0.2) is 0 Å². The van der Waals surface area contributed by atoms with Crippen molar-refractivity contribution in [2.45, 2.75) is 34.6 Å². The maximum Gasteiger partial charge on any atom is 0.0462 e. The van der Waals surface area contributed by atoms with E-state index in [0.29, 0.717) is 0 Å². The average Bonchev–Trinajstić information content (AvgIpc) is 2.88. The fourth-order valence-corrected chi connectivity index (χ4v) is 3.78. The molecule has 0 heterocycles. The Morgan fingerprint density at radius 3 is 1.82 bits per heavy atom. The van der Waals surface area contributed by atoms with Gasteiger partial charge < -0.3 is 4.90 Å². The van der Waals surface area contributed by atoms with Crippen LogP contribution in [0.15, 0.2) is 133 Å². The number of hydrogen-bond acceptors (Lipinski definition) is 1. The molecule has 0 unspecified atom stereocenters. The average molecular weight is 446 g/mol. The van der Waals surface area contributed by atoms with Gasteiger partial charge in [-0.05, 0) is 92.8 Å². The van der Waals surface area contributed by atoms with Crippen molar-refractivity contribution in [3.8, 4) is 11.1 Å². The molecule has 0 bridgehead atoms. The van der Waals surface area contributed by atoms with Crippen LogP contribution in [-0.2, 0) is 0 Å². The summed E-state index contributed by atoms with van der Waals surface area (Å²) in [6, 6.07) is 28.1. The summed E-state index contributed by atoms with van der Waals surface area (Å²) >= 11 is 0. The highest BCUT2D eigenvalue weighted by Crippen LogP contribution is 2.34. The van der Waals surface area contributed by atoms with Crippen molar-refractivity contribution >= 4 is 16.9 Å². The van der Waals surface area contributed by atoms with Gasteiger partial charge in [-0.3, -0.25) is 0 Å². The molecule has 0 saturated carbocycles. The van der Waals surface area contributed by atoms with Crippen LogP contribution in [0.3, 0.4) is 0 Å². The number of nitrogens with zero attached hydrogens (tertiary/aromatic N) is 1. The Morgan fingerprint density at radius 2 is 1.29 bits per heavy atom. The summed E-state index contributed by atoms with van der Waals surface area (Å²) in [7, 11) is 0. The van der Waals surface area contributed by atoms with Crippen LogP contribution >= 0.6 is 0 Å². The summed E-state index contributed by atoms with van der Waals surface area (Å²) in [4.78, 5) is 2.33. The predicted molar refractivity (Wildman–Crippen MR) is 151 cm³/mol. The number of allylic oxidation sites excluding steroid dienone is 8. The molecule has 3 aromatic carbocycles. The molecule has 3 rings (SSSR count). The Kier molecular flexibility index (Phi) is 8.65. The predicted octanol–water partition coefficient (Wildman–Crippen LogP) is 9.90. The van der Waals surface area contributed by atoms with E-state index in [4.69, 9.17) is 0 Å². The monoisotopic (exact) mass is 445 g/mol. The zero-order valence-electron chi connectivity index (χ0n) is 21.0. The molecule has 0 amide bonds. The molecule has 0 N–H and O–H groups in total. The molecule has 0 atom stereocenters. The first kappa shape index (κ1) is 24.8. The van der Waals surface area contributed by atoms with Crippen LogP contribution in [0.4, 0.5) is 11.4 Å². The lowest BCUT2D eigenvalue weighted by Gasteiger charge is -2.28. The van der Waals surface area contributed by atoms with E-state index < -0.39 is 0 Å². The summed E-state index contributed by atoms with van der Waals surface area (Å²) in [5.41, 5.74) is 10.7. The lowest BCUT2D eigenvalue weighted by molar-refractivity contribution is 1.14. The maximum atomic E-state index is 3.96. The first-order chi connectivity index (χ1) is 16.4. The minimum atomic E-state index is 1.12. The van der Waals surface area contributed by atoms with Crippen molar-refractivity contribution in [3.05, 3.63) is 138 Å². The topological polar surface area (TPSA) is 3.24 Å². The third-order valence-corrected chi connectivity index (χ3v) is 5.79. The lowest BCUT2D eigenvalue weighted by Crippen LogP contribution is -2.16. The standard InChI is InChI=1S/C33H35N/c1-7-9-13-27(6)28-16-20-31(21-17-28)34(33(25(3)4)24-26(5)8-2)32-22-18-30(19-23-32)29-14-11-10-12-15-29/h7-24H,2H2,1,3-6H3/b9-7-,26-24-,27-13+. The first-order valence-corrected chi connectivity index (χ1v) is 11.8. The third kappa shape index (κ3) is 6.14. The van der Waals surface area contributed by atoms with Gasteiger partial charge in [-0.2, -0.15) is 0 Å². The van der Waals surface area contributed by atoms with Crippen molar-refractivity contribution in [2.75, 3.05) is 4.90 Å². The summed E-state index contributed by atoms with van der Waals surface area (Å²) < 4.78 is 0. The van der Waals surface area contributed by atoms with Gasteiger partial charge in [-0.25, -0.2) is 0 Å². The molecule has 0 radical (unpaired) electrons. The highest BCUT2D eigenvalue weighted by Gasteiger charge is 2.15. The molecule has 172 valence electrons. The third-order valence-electron chi connectivity index (χ3n) is 5.79. The summed E-state index contributed by atoms with van der Waals surface area (Å²) in [5, 5.41) is 0. The maximum absolute atomic E-state index is 3.96. The summed E-state index contributed by atoms with van der Waals surface area (Å²) in [5.74, 6) is 0. The largest absolute Gasteiger partial charge is 0.311 e. The zero-order chi connectivity index (χ0) is 24.5. The van der Waals surface area contributed by atoms with Gasteiger partial charge in [-0.15, -0.1) is 0 Å². The number of rotatable bonds is 8. The van der Waals surface area contributed by atoms with Gasteiger partial charge in [0.2, 0.25) is 0 Å². The molecule has 0 fully saturated rings. The van der Waals surface area contributed by atoms with Crippen LogP contribution in [0.2, 0.25) is 0 Å². The van der Waals surface area contributed by atoms with E-state index >= 15 is 0 Å². The SMILES string of the molecule is C=C/C(C)=C\C(=C(C)C)N(c1ccc(/C(C)=C/C=C\C)cc1)c1ccc(-c2ccccc2)cc1. The molecule has 0 aromatic heterocycles. The van der Waals surface area contributed by atoms with Crippen LogP contribution < -0.4 is 4.90 Å². The van der Waals surface area contributed by atoms with E-state index in [1.807, 2.05) is 25.1 Å². The molecule has 3 aromatic rings. The van der Waals surface area contributed by atoms with Gasteiger partial charge in [0.05, 0.1) is 0 Å². The Morgan fingerprint density at radius 1 is 0.735 bits per heavy atom. The summed E-state index contributed by atoms with van der Waals surface area (Å²) in [6.07, 6.45) is 10.4. The van der Waals surface area contributed by atoms with E-state index in [9.17, 15) is 0 Å². The summed E-state index contributed by atoms with van der Waals surface area (Å²) in [6.45, 7) is 14.5. The van der Waals surface area contributed by atoms with Crippen molar-refractivity contribution < 1.29 is 0 Å². The molecule has 0 aliphatic carbocycles. The zero-order valence-corrected chi connectivity index (χ0v) is 21.0. The van der Waals surface area contributed by atoms with Crippen molar-refractivity contribution in [3.63, 3.8) is 0 Å². The van der Waals surface area contributed by atoms with Crippen molar-refractivity contribution in [2.24, 2.45) is 0 Å². The molecule has 0 saturated heterocycles. The first-order valence-electron chi connectivity index (χ1n) is 11.8. The van der Waals surface area contributed by atoms with Gasteiger partial charge in [0, 0.05) is 17.1 Å². The van der Waals surface area contributed by atoms with Gasteiger partial charge in [0.25, 0.3) is 0 Å². The Balaban J connectivity index is 2.10. The van der Waals surface area contributed by atoms with E-state index in [1.54, 1.807) is 0 Å². The fourth-order valence-electron chi connectivity index (χ4n) is 3.78.